The van der Waals surface area contributed by atoms with E-state index in [1.807, 2.05) is 0 Å². The molecule has 1 aromatic rings. The minimum absolute atomic E-state index is 0.0779. The quantitative estimate of drug-likeness (QED) is 0.852. The predicted octanol–water partition coefficient (Wildman–Crippen LogP) is 1.99. The molecule has 0 bridgehead atoms. The van der Waals surface area contributed by atoms with Gasteiger partial charge in [0.1, 0.15) is 11.1 Å². The average molecular weight is 285 g/mol. The highest BCUT2D eigenvalue weighted by molar-refractivity contribution is 6.32. The van der Waals surface area contributed by atoms with Crippen LogP contribution in [0.1, 0.15) is 23.2 Å². The molecule has 0 aliphatic carbocycles. The van der Waals surface area contributed by atoms with E-state index in [0.717, 1.165) is 12.8 Å². The van der Waals surface area contributed by atoms with Gasteiger partial charge in [-0.1, -0.05) is 11.6 Å². The van der Waals surface area contributed by atoms with Gasteiger partial charge in [-0.05, 0) is 6.07 Å². The van der Waals surface area contributed by atoms with Crippen molar-refractivity contribution in [3.63, 3.8) is 0 Å². The standard InChI is InChI=1S/C13H17ClN2O3/c1-16(2)13(17)9-7-11(14)12(15-8-9)19-10-3-5-18-6-4-10/h7-8,10H,3-6H2,1-2H3. The number of ether oxygens (including phenoxy) is 2. The van der Waals surface area contributed by atoms with Gasteiger partial charge in [0.2, 0.25) is 5.88 Å². The molecule has 1 aliphatic rings. The summed E-state index contributed by atoms with van der Waals surface area (Å²) in [5.74, 6) is 0.246. The molecule has 104 valence electrons. The molecule has 1 fully saturated rings. The number of pyridine rings is 1. The maximum absolute atomic E-state index is 11.8. The van der Waals surface area contributed by atoms with Gasteiger partial charge in [-0.2, -0.15) is 0 Å². The second kappa shape index (κ2) is 6.21. The van der Waals surface area contributed by atoms with E-state index in [2.05, 4.69) is 4.98 Å². The zero-order chi connectivity index (χ0) is 13.8. The summed E-state index contributed by atoms with van der Waals surface area (Å²) >= 11 is 6.11. The molecule has 0 aromatic carbocycles. The second-order valence-electron chi connectivity index (χ2n) is 4.64. The lowest BCUT2D eigenvalue weighted by Gasteiger charge is -2.23. The number of nitrogens with zero attached hydrogens (tertiary/aromatic N) is 2. The minimum atomic E-state index is -0.132. The molecule has 2 rings (SSSR count). The van der Waals surface area contributed by atoms with Crippen molar-refractivity contribution in [2.75, 3.05) is 27.3 Å². The van der Waals surface area contributed by atoms with Crippen LogP contribution < -0.4 is 4.74 Å². The maximum Gasteiger partial charge on any atom is 0.254 e. The Kier molecular flexibility index (Phi) is 4.61. The first-order valence-electron chi connectivity index (χ1n) is 6.19. The molecule has 0 spiro atoms. The van der Waals surface area contributed by atoms with Crippen LogP contribution in [-0.2, 0) is 4.74 Å². The zero-order valence-corrected chi connectivity index (χ0v) is 11.8. The normalized spacial score (nSPS) is 16.2. The highest BCUT2D eigenvalue weighted by Gasteiger charge is 2.18. The van der Waals surface area contributed by atoms with Crippen LogP contribution in [0, 0.1) is 0 Å². The van der Waals surface area contributed by atoms with Crippen LogP contribution in [0.3, 0.4) is 0 Å². The molecule has 2 heterocycles. The van der Waals surface area contributed by atoms with E-state index in [1.54, 1.807) is 20.2 Å². The molecule has 1 aliphatic heterocycles. The van der Waals surface area contributed by atoms with Crippen LogP contribution in [0.25, 0.3) is 0 Å². The van der Waals surface area contributed by atoms with E-state index < -0.39 is 0 Å². The van der Waals surface area contributed by atoms with Gasteiger partial charge in [-0.25, -0.2) is 4.98 Å². The van der Waals surface area contributed by atoms with E-state index in [9.17, 15) is 4.79 Å². The summed E-state index contributed by atoms with van der Waals surface area (Å²) in [6.07, 6.45) is 3.23. The lowest BCUT2D eigenvalue weighted by molar-refractivity contribution is 0.0238. The van der Waals surface area contributed by atoms with Crippen molar-refractivity contribution in [1.82, 2.24) is 9.88 Å². The smallest absolute Gasteiger partial charge is 0.254 e. The van der Waals surface area contributed by atoms with Crippen LogP contribution in [0.5, 0.6) is 5.88 Å². The summed E-state index contributed by atoms with van der Waals surface area (Å²) in [6, 6.07) is 1.59. The molecular weight excluding hydrogens is 268 g/mol. The van der Waals surface area contributed by atoms with Gasteiger partial charge in [-0.3, -0.25) is 4.79 Å². The zero-order valence-electron chi connectivity index (χ0n) is 11.1. The third kappa shape index (κ3) is 3.58. The van der Waals surface area contributed by atoms with E-state index in [0.29, 0.717) is 29.7 Å². The van der Waals surface area contributed by atoms with E-state index in [-0.39, 0.29) is 12.0 Å². The molecule has 0 N–H and O–H groups in total. The van der Waals surface area contributed by atoms with Gasteiger partial charge in [0.15, 0.2) is 0 Å². The van der Waals surface area contributed by atoms with Gasteiger partial charge in [0.25, 0.3) is 5.91 Å². The van der Waals surface area contributed by atoms with Crippen molar-refractivity contribution in [2.45, 2.75) is 18.9 Å². The first-order chi connectivity index (χ1) is 9.08. The van der Waals surface area contributed by atoms with Gasteiger partial charge in [-0.15, -0.1) is 0 Å². The lowest BCUT2D eigenvalue weighted by atomic mass is 10.1. The van der Waals surface area contributed by atoms with E-state index >= 15 is 0 Å². The van der Waals surface area contributed by atoms with Crippen LogP contribution in [-0.4, -0.2) is 49.2 Å². The first kappa shape index (κ1) is 14.1. The van der Waals surface area contributed by atoms with Gasteiger partial charge in [0.05, 0.1) is 18.8 Å². The van der Waals surface area contributed by atoms with Crippen molar-refractivity contribution >= 4 is 17.5 Å². The van der Waals surface area contributed by atoms with Gasteiger partial charge >= 0.3 is 0 Å². The number of rotatable bonds is 3. The number of amides is 1. The monoisotopic (exact) mass is 284 g/mol. The molecule has 0 unspecified atom stereocenters. The second-order valence-corrected chi connectivity index (χ2v) is 5.05. The fourth-order valence-electron chi connectivity index (χ4n) is 1.84. The Morgan fingerprint density at radius 1 is 1.47 bits per heavy atom. The Balaban J connectivity index is 2.08. The number of hydrogen-bond acceptors (Lipinski definition) is 4. The van der Waals surface area contributed by atoms with Crippen LogP contribution in [0.15, 0.2) is 12.3 Å². The Labute approximate surface area is 117 Å². The van der Waals surface area contributed by atoms with E-state index in [1.165, 1.54) is 11.1 Å². The van der Waals surface area contributed by atoms with Crippen molar-refractivity contribution < 1.29 is 14.3 Å². The summed E-state index contributed by atoms with van der Waals surface area (Å²) in [4.78, 5) is 17.4. The Morgan fingerprint density at radius 3 is 2.74 bits per heavy atom. The molecule has 0 saturated carbocycles. The Hall–Kier alpha value is -1.33. The average Bonchev–Trinajstić information content (AvgIpc) is 2.41. The SMILES string of the molecule is CN(C)C(=O)c1cnc(OC2CCOCC2)c(Cl)c1. The molecule has 5 nitrogen and oxygen atoms in total. The van der Waals surface area contributed by atoms with Crippen molar-refractivity contribution in [3.05, 3.63) is 22.8 Å². The predicted molar refractivity (Wildman–Crippen MR) is 71.7 cm³/mol. The summed E-state index contributed by atoms with van der Waals surface area (Å²) in [5, 5.41) is 0.360. The molecule has 1 saturated heterocycles. The van der Waals surface area contributed by atoms with Crippen molar-refractivity contribution in [3.8, 4) is 5.88 Å². The third-order valence-electron chi connectivity index (χ3n) is 2.91. The number of aromatic nitrogens is 1. The fraction of sp³-hybridized carbons (Fsp3) is 0.538. The molecule has 1 amide bonds. The highest BCUT2D eigenvalue weighted by atomic mass is 35.5. The van der Waals surface area contributed by atoms with Crippen LogP contribution in [0.4, 0.5) is 0 Å². The lowest BCUT2D eigenvalue weighted by Crippen LogP contribution is -2.26. The summed E-state index contributed by atoms with van der Waals surface area (Å²) in [7, 11) is 3.37. The Morgan fingerprint density at radius 2 is 2.16 bits per heavy atom. The first-order valence-corrected chi connectivity index (χ1v) is 6.57. The van der Waals surface area contributed by atoms with Crippen molar-refractivity contribution in [2.24, 2.45) is 0 Å². The maximum atomic E-state index is 11.8. The molecular formula is C13H17ClN2O3. The Bertz CT molecular complexity index is 459. The summed E-state index contributed by atoms with van der Waals surface area (Å²) < 4.78 is 11.0. The number of hydrogen-bond donors (Lipinski definition) is 0. The van der Waals surface area contributed by atoms with Gasteiger partial charge in [0, 0.05) is 33.1 Å². The van der Waals surface area contributed by atoms with Crippen LogP contribution >= 0.6 is 11.6 Å². The topological polar surface area (TPSA) is 51.7 Å². The molecule has 1 aromatic heterocycles. The fourth-order valence-corrected chi connectivity index (χ4v) is 2.05. The minimum Gasteiger partial charge on any atom is -0.473 e. The van der Waals surface area contributed by atoms with Crippen LogP contribution in [0.2, 0.25) is 5.02 Å². The summed E-state index contributed by atoms with van der Waals surface area (Å²) in [6.45, 7) is 1.39. The number of halogens is 1. The number of carbonyl (C=O) groups excluding carboxylic acids is 1. The van der Waals surface area contributed by atoms with Gasteiger partial charge < -0.3 is 14.4 Å². The third-order valence-corrected chi connectivity index (χ3v) is 3.18. The molecule has 0 atom stereocenters. The number of carbonyl (C=O) groups is 1. The largest absolute Gasteiger partial charge is 0.473 e. The summed E-state index contributed by atoms with van der Waals surface area (Å²) in [5.41, 5.74) is 0.453. The van der Waals surface area contributed by atoms with E-state index in [4.69, 9.17) is 21.1 Å². The molecule has 19 heavy (non-hydrogen) atoms. The molecule has 0 radical (unpaired) electrons. The highest BCUT2D eigenvalue weighted by Crippen LogP contribution is 2.25. The van der Waals surface area contributed by atoms with Crippen molar-refractivity contribution in [1.29, 1.82) is 0 Å². The molecule has 6 heteroatoms.